The number of halogens is 1. The lowest BCUT2D eigenvalue weighted by Gasteiger charge is -2.07. The number of aromatic nitrogens is 1. The van der Waals surface area contributed by atoms with Crippen LogP contribution in [0.4, 0.5) is 0 Å². The maximum atomic E-state index is 11.3. The number of benzene rings is 1. The van der Waals surface area contributed by atoms with Crippen molar-refractivity contribution < 1.29 is 4.42 Å². The van der Waals surface area contributed by atoms with E-state index in [4.69, 9.17) is 16.0 Å². The van der Waals surface area contributed by atoms with Crippen LogP contribution in [0.1, 0.15) is 23.8 Å². The number of nitrogens with zero attached hydrogens (tertiary/aromatic N) is 1. The first-order valence-corrected chi connectivity index (χ1v) is 5.84. The Labute approximate surface area is 97.6 Å². The molecule has 0 amide bonds. The largest absolute Gasteiger partial charge is 0.419 e. The third-order valence-electron chi connectivity index (χ3n) is 3.17. The first kappa shape index (κ1) is 9.97. The molecule has 0 radical (unpaired) electrons. The molecule has 3 nitrogen and oxygen atoms in total. The van der Waals surface area contributed by atoms with Gasteiger partial charge in [0.2, 0.25) is 0 Å². The predicted molar refractivity (Wildman–Crippen MR) is 62.8 cm³/mol. The highest BCUT2D eigenvalue weighted by atomic mass is 35.5. The van der Waals surface area contributed by atoms with E-state index in [-0.39, 0.29) is 11.1 Å². The van der Waals surface area contributed by atoms with Gasteiger partial charge in [-0.05, 0) is 36.5 Å². The quantitative estimate of drug-likeness (QED) is 0.753. The minimum atomic E-state index is -0.329. The maximum absolute atomic E-state index is 11.3. The molecule has 1 heterocycles. The summed E-state index contributed by atoms with van der Waals surface area (Å²) >= 11 is 6.32. The Morgan fingerprint density at radius 2 is 2.25 bits per heavy atom. The number of hydrogen-bond donors (Lipinski definition) is 0. The van der Waals surface area contributed by atoms with Crippen LogP contribution in [0.2, 0.25) is 0 Å². The molecule has 4 heteroatoms. The lowest BCUT2D eigenvalue weighted by Crippen LogP contribution is -2.08. The molecule has 1 aliphatic carbocycles. The Kier molecular flexibility index (Phi) is 2.11. The van der Waals surface area contributed by atoms with Crippen molar-refractivity contribution in [2.45, 2.75) is 18.2 Å². The Bertz CT molecular complexity index is 595. The van der Waals surface area contributed by atoms with Crippen LogP contribution in [0.3, 0.4) is 0 Å². The zero-order chi connectivity index (χ0) is 11.3. The summed E-state index contributed by atoms with van der Waals surface area (Å²) in [6.45, 7) is 0. The second-order valence-electron chi connectivity index (χ2n) is 4.39. The molecule has 1 unspecified atom stereocenters. The zero-order valence-electron chi connectivity index (χ0n) is 8.94. The number of oxazole rings is 1. The van der Waals surface area contributed by atoms with Gasteiger partial charge >= 0.3 is 5.76 Å². The van der Waals surface area contributed by atoms with Crippen LogP contribution in [0.15, 0.2) is 27.4 Å². The molecule has 1 atom stereocenters. The second-order valence-corrected chi connectivity index (χ2v) is 4.86. The van der Waals surface area contributed by atoms with Crippen molar-refractivity contribution in [3.05, 3.63) is 34.3 Å². The molecule has 1 aliphatic rings. The van der Waals surface area contributed by atoms with Crippen LogP contribution in [-0.2, 0) is 7.05 Å². The Morgan fingerprint density at radius 3 is 2.94 bits per heavy atom. The molecule has 16 heavy (non-hydrogen) atoms. The Balaban J connectivity index is 2.11. The van der Waals surface area contributed by atoms with Crippen molar-refractivity contribution in [1.29, 1.82) is 0 Å². The van der Waals surface area contributed by atoms with Gasteiger partial charge in [-0.2, -0.15) is 0 Å². The Morgan fingerprint density at radius 1 is 1.50 bits per heavy atom. The highest BCUT2D eigenvalue weighted by Gasteiger charge is 2.31. The smallest absolute Gasteiger partial charge is 0.408 e. The molecular weight excluding hydrogens is 226 g/mol. The van der Waals surface area contributed by atoms with Crippen molar-refractivity contribution in [3.8, 4) is 0 Å². The van der Waals surface area contributed by atoms with E-state index in [1.54, 1.807) is 7.05 Å². The third kappa shape index (κ3) is 1.47. The van der Waals surface area contributed by atoms with Gasteiger partial charge in [-0.3, -0.25) is 4.57 Å². The van der Waals surface area contributed by atoms with E-state index in [2.05, 4.69) is 0 Å². The van der Waals surface area contributed by atoms with E-state index in [9.17, 15) is 4.79 Å². The summed E-state index contributed by atoms with van der Waals surface area (Å²) in [5, 5.41) is 0.0508. The van der Waals surface area contributed by atoms with Crippen molar-refractivity contribution >= 4 is 22.7 Å². The lowest BCUT2D eigenvalue weighted by molar-refractivity contribution is 0.527. The summed E-state index contributed by atoms with van der Waals surface area (Å²) < 4.78 is 6.64. The van der Waals surface area contributed by atoms with E-state index in [1.807, 2.05) is 18.2 Å². The second kappa shape index (κ2) is 3.39. The molecular formula is C12H12ClNO2. The normalized spacial score (nSPS) is 17.9. The van der Waals surface area contributed by atoms with Crippen molar-refractivity contribution in [1.82, 2.24) is 4.57 Å². The minimum Gasteiger partial charge on any atom is -0.408 e. The number of rotatable bonds is 2. The highest BCUT2D eigenvalue weighted by Crippen LogP contribution is 2.45. The predicted octanol–water partition coefficient (Wildman–Crippen LogP) is 2.82. The van der Waals surface area contributed by atoms with Crippen LogP contribution < -0.4 is 5.76 Å². The van der Waals surface area contributed by atoms with Gasteiger partial charge in [0, 0.05) is 7.05 Å². The van der Waals surface area contributed by atoms with E-state index in [0.29, 0.717) is 11.5 Å². The molecule has 0 N–H and O–H groups in total. The minimum absolute atomic E-state index is 0.0508. The highest BCUT2D eigenvalue weighted by molar-refractivity contribution is 6.21. The van der Waals surface area contributed by atoms with Gasteiger partial charge in [0.05, 0.1) is 10.9 Å². The molecule has 3 rings (SSSR count). The molecule has 1 fully saturated rings. The first-order chi connectivity index (χ1) is 7.66. The summed E-state index contributed by atoms with van der Waals surface area (Å²) in [5.41, 5.74) is 2.48. The molecule has 84 valence electrons. The molecule has 2 aromatic rings. The van der Waals surface area contributed by atoms with E-state index in [1.165, 1.54) is 17.4 Å². The van der Waals surface area contributed by atoms with E-state index in [0.717, 1.165) is 11.1 Å². The summed E-state index contributed by atoms with van der Waals surface area (Å²) in [7, 11) is 1.70. The van der Waals surface area contributed by atoms with E-state index >= 15 is 0 Å². The molecule has 0 saturated heterocycles. The van der Waals surface area contributed by atoms with Gasteiger partial charge in [0.1, 0.15) is 0 Å². The summed E-state index contributed by atoms with van der Waals surface area (Å²) in [5.74, 6) is 0.263. The maximum Gasteiger partial charge on any atom is 0.419 e. The van der Waals surface area contributed by atoms with Gasteiger partial charge in [0.15, 0.2) is 5.58 Å². The molecule has 0 aliphatic heterocycles. The van der Waals surface area contributed by atoms with Crippen LogP contribution in [0.25, 0.3) is 11.1 Å². The van der Waals surface area contributed by atoms with Crippen LogP contribution in [0, 0.1) is 5.92 Å². The lowest BCUT2D eigenvalue weighted by atomic mass is 10.1. The Hall–Kier alpha value is -1.22. The standard InChI is InChI=1S/C12H12ClNO2/c1-14-9-5-4-8(11(13)7-2-3-7)6-10(9)16-12(14)15/h4-7,11H,2-3H2,1H3. The number of aryl methyl sites for hydroxylation is 1. The van der Waals surface area contributed by atoms with Crippen LogP contribution in [0.5, 0.6) is 0 Å². The fraction of sp³-hybridized carbons (Fsp3) is 0.417. The van der Waals surface area contributed by atoms with Gasteiger partial charge in [0.25, 0.3) is 0 Å². The van der Waals surface area contributed by atoms with Crippen molar-refractivity contribution in [2.24, 2.45) is 13.0 Å². The average Bonchev–Trinajstić information content (AvgIpc) is 3.07. The summed E-state index contributed by atoms with van der Waals surface area (Å²) in [6, 6.07) is 5.76. The average molecular weight is 238 g/mol. The third-order valence-corrected chi connectivity index (χ3v) is 3.78. The van der Waals surface area contributed by atoms with Crippen LogP contribution >= 0.6 is 11.6 Å². The zero-order valence-corrected chi connectivity index (χ0v) is 9.70. The van der Waals surface area contributed by atoms with Gasteiger partial charge in [-0.25, -0.2) is 4.79 Å². The SMILES string of the molecule is Cn1c(=O)oc2cc(C(Cl)C3CC3)ccc21. The van der Waals surface area contributed by atoms with Gasteiger partial charge < -0.3 is 4.42 Å². The first-order valence-electron chi connectivity index (χ1n) is 5.40. The van der Waals surface area contributed by atoms with Gasteiger partial charge in [-0.1, -0.05) is 6.07 Å². The fourth-order valence-corrected chi connectivity index (χ4v) is 2.37. The van der Waals surface area contributed by atoms with Gasteiger partial charge in [-0.15, -0.1) is 11.6 Å². The summed E-state index contributed by atoms with van der Waals surface area (Å²) in [4.78, 5) is 11.3. The number of alkyl halides is 1. The van der Waals surface area contributed by atoms with Crippen molar-refractivity contribution in [2.75, 3.05) is 0 Å². The molecule has 0 spiro atoms. The van der Waals surface area contributed by atoms with E-state index < -0.39 is 0 Å². The summed E-state index contributed by atoms with van der Waals surface area (Å²) in [6.07, 6.45) is 2.40. The number of fused-ring (bicyclic) bond motifs is 1. The molecule has 1 aromatic carbocycles. The monoisotopic (exact) mass is 237 g/mol. The fourth-order valence-electron chi connectivity index (χ4n) is 1.98. The van der Waals surface area contributed by atoms with Crippen LogP contribution in [-0.4, -0.2) is 4.57 Å². The molecule has 0 bridgehead atoms. The topological polar surface area (TPSA) is 35.1 Å². The van der Waals surface area contributed by atoms with Crippen molar-refractivity contribution in [3.63, 3.8) is 0 Å². The molecule has 1 saturated carbocycles. The molecule has 1 aromatic heterocycles. The number of hydrogen-bond acceptors (Lipinski definition) is 2.